The molecule has 2 rings (SSSR count). The summed E-state index contributed by atoms with van der Waals surface area (Å²) in [5.41, 5.74) is 6.41. The van der Waals surface area contributed by atoms with E-state index < -0.39 is 0 Å². The van der Waals surface area contributed by atoms with Gasteiger partial charge in [-0.25, -0.2) is 0 Å². The van der Waals surface area contributed by atoms with Gasteiger partial charge >= 0.3 is 0 Å². The van der Waals surface area contributed by atoms with Crippen molar-refractivity contribution in [1.29, 1.82) is 0 Å². The smallest absolute Gasteiger partial charge is 0.0892 e. The molecule has 0 saturated heterocycles. The summed E-state index contributed by atoms with van der Waals surface area (Å²) in [6.45, 7) is 16.5. The highest BCUT2D eigenvalue weighted by molar-refractivity contribution is 5.66. The summed E-state index contributed by atoms with van der Waals surface area (Å²) in [6.07, 6.45) is 7.64. The number of rotatable bonds is 5. The van der Waals surface area contributed by atoms with Gasteiger partial charge in [0.1, 0.15) is 0 Å². The lowest BCUT2D eigenvalue weighted by Crippen LogP contribution is -1.99. The number of aromatic nitrogens is 2. The highest BCUT2D eigenvalue weighted by atomic mass is 14.8. The number of nitrogens with zero attached hydrogens (tertiary/aromatic N) is 2. The molecule has 0 aliphatic heterocycles. The fraction of sp³-hybridized carbons (Fsp3) is 0.300. The van der Waals surface area contributed by atoms with E-state index in [1.54, 1.807) is 0 Å². The predicted octanol–water partition coefficient (Wildman–Crippen LogP) is 5.68. The van der Waals surface area contributed by atoms with Crippen molar-refractivity contribution in [3.8, 4) is 11.4 Å². The number of hydrogen-bond donors (Lipinski definition) is 0. The molecule has 2 aromatic rings. The van der Waals surface area contributed by atoms with E-state index in [4.69, 9.17) is 0 Å². The van der Waals surface area contributed by atoms with Gasteiger partial charge in [-0.05, 0) is 46.2 Å². The van der Waals surface area contributed by atoms with Crippen LogP contribution in [0.1, 0.15) is 61.8 Å². The molecule has 0 spiro atoms. The molecule has 0 atom stereocenters. The van der Waals surface area contributed by atoms with Gasteiger partial charge in [-0.3, -0.25) is 9.97 Å². The minimum absolute atomic E-state index is 0.426. The highest BCUT2D eigenvalue weighted by Gasteiger charge is 2.11. The maximum Gasteiger partial charge on any atom is 0.0892 e. The molecule has 0 N–H and O–H groups in total. The Morgan fingerprint density at radius 2 is 1.14 bits per heavy atom. The molecule has 0 fully saturated rings. The summed E-state index contributed by atoms with van der Waals surface area (Å²) in [5.74, 6) is 0.851. The second-order valence-corrected chi connectivity index (χ2v) is 6.11. The molecular weight excluding hydrogens is 268 g/mol. The molecule has 0 saturated carbocycles. The molecule has 0 aliphatic carbocycles. The molecule has 2 heteroatoms. The Morgan fingerprint density at radius 3 is 1.41 bits per heavy atom. The topological polar surface area (TPSA) is 25.8 Å². The molecular formula is C20H24N2. The van der Waals surface area contributed by atoms with Gasteiger partial charge in [0.05, 0.1) is 11.4 Å². The molecule has 0 amide bonds. The predicted molar refractivity (Wildman–Crippen MR) is 95.8 cm³/mol. The Morgan fingerprint density at radius 1 is 0.773 bits per heavy atom. The molecule has 0 aliphatic rings. The van der Waals surface area contributed by atoms with Gasteiger partial charge in [0, 0.05) is 12.4 Å². The maximum atomic E-state index is 4.58. The van der Waals surface area contributed by atoms with E-state index >= 15 is 0 Å². The Labute approximate surface area is 133 Å². The van der Waals surface area contributed by atoms with Crippen molar-refractivity contribution in [2.45, 2.75) is 39.5 Å². The van der Waals surface area contributed by atoms with Gasteiger partial charge in [-0.1, -0.05) is 53.0 Å². The van der Waals surface area contributed by atoms with Crippen molar-refractivity contribution >= 4 is 12.2 Å². The van der Waals surface area contributed by atoms with Crippen LogP contribution in [0.3, 0.4) is 0 Å². The van der Waals surface area contributed by atoms with Crippen LogP contribution in [0.2, 0.25) is 0 Å². The van der Waals surface area contributed by atoms with Crippen molar-refractivity contribution in [1.82, 2.24) is 9.97 Å². The van der Waals surface area contributed by atoms with Gasteiger partial charge in [0.25, 0.3) is 0 Å². The summed E-state index contributed by atoms with van der Waals surface area (Å²) in [6, 6.07) is 4.12. The van der Waals surface area contributed by atoms with Gasteiger partial charge in [-0.15, -0.1) is 0 Å². The van der Waals surface area contributed by atoms with Gasteiger partial charge < -0.3 is 0 Å². The monoisotopic (exact) mass is 292 g/mol. The van der Waals surface area contributed by atoms with Crippen molar-refractivity contribution in [2.24, 2.45) is 0 Å². The van der Waals surface area contributed by atoms with E-state index in [1.165, 1.54) is 11.1 Å². The second kappa shape index (κ2) is 6.69. The van der Waals surface area contributed by atoms with Crippen molar-refractivity contribution in [2.75, 3.05) is 0 Å². The average Bonchev–Trinajstić information content (AvgIpc) is 2.53. The van der Waals surface area contributed by atoms with E-state index in [9.17, 15) is 0 Å². The van der Waals surface area contributed by atoms with E-state index in [1.807, 2.05) is 24.5 Å². The summed E-state index contributed by atoms with van der Waals surface area (Å²) < 4.78 is 0. The van der Waals surface area contributed by atoms with Crippen LogP contribution in [0.15, 0.2) is 37.7 Å². The molecule has 0 aromatic carbocycles. The lowest BCUT2D eigenvalue weighted by Gasteiger charge is -2.13. The Hall–Kier alpha value is -2.22. The van der Waals surface area contributed by atoms with E-state index in [2.05, 4.69) is 63.0 Å². The SMILES string of the molecule is C=Cc1cc(-c2cc(C=C)c(C(C)C)cn2)ncc1C(C)C. The minimum atomic E-state index is 0.426. The summed E-state index contributed by atoms with van der Waals surface area (Å²) in [4.78, 5) is 9.17. The Kier molecular flexibility index (Phi) is 4.92. The zero-order valence-electron chi connectivity index (χ0n) is 13.9. The molecule has 0 bridgehead atoms. The first-order valence-corrected chi connectivity index (χ1v) is 7.73. The third-order valence-electron chi connectivity index (χ3n) is 3.88. The van der Waals surface area contributed by atoms with Crippen LogP contribution >= 0.6 is 0 Å². The molecule has 0 radical (unpaired) electrons. The first-order chi connectivity index (χ1) is 10.5. The van der Waals surface area contributed by atoms with Crippen LogP contribution in [-0.4, -0.2) is 9.97 Å². The lowest BCUT2D eigenvalue weighted by molar-refractivity contribution is 0.852. The fourth-order valence-corrected chi connectivity index (χ4v) is 2.56. The molecule has 2 aromatic heterocycles. The maximum absolute atomic E-state index is 4.58. The Bertz CT molecular complexity index is 635. The van der Waals surface area contributed by atoms with E-state index in [0.717, 1.165) is 22.5 Å². The summed E-state index contributed by atoms with van der Waals surface area (Å²) in [7, 11) is 0. The third-order valence-corrected chi connectivity index (χ3v) is 3.88. The molecule has 2 heterocycles. The van der Waals surface area contributed by atoms with Crippen LogP contribution < -0.4 is 0 Å². The van der Waals surface area contributed by atoms with Gasteiger partial charge in [0.15, 0.2) is 0 Å². The second-order valence-electron chi connectivity index (χ2n) is 6.11. The summed E-state index contributed by atoms with van der Waals surface area (Å²) >= 11 is 0. The van der Waals surface area contributed by atoms with Crippen LogP contribution in [0.4, 0.5) is 0 Å². The van der Waals surface area contributed by atoms with Gasteiger partial charge in [-0.2, -0.15) is 0 Å². The Balaban J connectivity index is 2.52. The van der Waals surface area contributed by atoms with Crippen LogP contribution in [0.25, 0.3) is 23.5 Å². The number of pyridine rings is 2. The first-order valence-electron chi connectivity index (χ1n) is 7.73. The quantitative estimate of drug-likeness (QED) is 0.709. The van der Waals surface area contributed by atoms with E-state index in [0.29, 0.717) is 11.8 Å². The zero-order valence-corrected chi connectivity index (χ0v) is 13.9. The minimum Gasteiger partial charge on any atom is -0.254 e. The largest absolute Gasteiger partial charge is 0.254 e. The van der Waals surface area contributed by atoms with Crippen LogP contribution in [0, 0.1) is 0 Å². The standard InChI is InChI=1S/C20H24N2/c1-7-15-9-19(21-11-17(15)13(3)4)20-10-16(8-2)18(12-22-20)14(5)6/h7-14H,1-2H2,3-6H3. The van der Waals surface area contributed by atoms with Crippen molar-refractivity contribution in [3.63, 3.8) is 0 Å². The normalized spacial score (nSPS) is 11.0. The van der Waals surface area contributed by atoms with E-state index in [-0.39, 0.29) is 0 Å². The highest BCUT2D eigenvalue weighted by Crippen LogP contribution is 2.27. The molecule has 114 valence electrons. The lowest BCUT2D eigenvalue weighted by atomic mass is 9.96. The van der Waals surface area contributed by atoms with Crippen molar-refractivity contribution < 1.29 is 0 Å². The molecule has 0 unspecified atom stereocenters. The average molecular weight is 292 g/mol. The fourth-order valence-electron chi connectivity index (χ4n) is 2.56. The van der Waals surface area contributed by atoms with Crippen LogP contribution in [0.5, 0.6) is 0 Å². The first kappa shape index (κ1) is 16.2. The summed E-state index contributed by atoms with van der Waals surface area (Å²) in [5, 5.41) is 0. The molecule has 22 heavy (non-hydrogen) atoms. The zero-order chi connectivity index (χ0) is 16.3. The van der Waals surface area contributed by atoms with Crippen molar-refractivity contribution in [3.05, 3.63) is 59.9 Å². The molecule has 2 nitrogen and oxygen atoms in total. The number of hydrogen-bond acceptors (Lipinski definition) is 2. The van der Waals surface area contributed by atoms with Crippen LogP contribution in [-0.2, 0) is 0 Å². The van der Waals surface area contributed by atoms with Gasteiger partial charge in [0.2, 0.25) is 0 Å². The third kappa shape index (κ3) is 3.16.